The lowest BCUT2D eigenvalue weighted by molar-refractivity contribution is -0.141. The molecule has 0 spiro atoms. The van der Waals surface area contributed by atoms with Crippen molar-refractivity contribution in [2.75, 3.05) is 19.8 Å². The summed E-state index contributed by atoms with van der Waals surface area (Å²) in [5.74, 6) is 4.61. The SMILES string of the molecule is CCOC(=O)CNC(=O)c1ccc(C#CCCO)cn1. The normalized spacial score (nSPS) is 9.30. The first kappa shape index (κ1) is 15.7. The van der Waals surface area contributed by atoms with Crippen molar-refractivity contribution in [2.24, 2.45) is 0 Å². The minimum atomic E-state index is -0.493. The predicted octanol–water partition coefficient (Wildman–Crippen LogP) is 0.108. The molecular formula is C14H16N2O4. The number of carbonyl (C=O) groups is 2. The van der Waals surface area contributed by atoms with Crippen LogP contribution < -0.4 is 5.32 Å². The fourth-order valence-corrected chi connectivity index (χ4v) is 1.28. The molecule has 0 aliphatic rings. The van der Waals surface area contributed by atoms with Crippen molar-refractivity contribution in [1.82, 2.24) is 10.3 Å². The number of hydrogen-bond acceptors (Lipinski definition) is 5. The van der Waals surface area contributed by atoms with E-state index < -0.39 is 11.9 Å². The van der Waals surface area contributed by atoms with E-state index in [1.54, 1.807) is 13.0 Å². The number of ether oxygens (including phenoxy) is 1. The zero-order valence-electron chi connectivity index (χ0n) is 11.2. The van der Waals surface area contributed by atoms with E-state index in [0.29, 0.717) is 12.0 Å². The molecule has 0 aromatic carbocycles. The van der Waals surface area contributed by atoms with Gasteiger partial charge < -0.3 is 15.2 Å². The van der Waals surface area contributed by atoms with Gasteiger partial charge in [-0.2, -0.15) is 0 Å². The average molecular weight is 276 g/mol. The van der Waals surface area contributed by atoms with Gasteiger partial charge in [0.15, 0.2) is 0 Å². The Morgan fingerprint density at radius 2 is 2.25 bits per heavy atom. The van der Waals surface area contributed by atoms with Crippen LogP contribution in [0.4, 0.5) is 0 Å². The van der Waals surface area contributed by atoms with Crippen molar-refractivity contribution in [3.8, 4) is 11.8 Å². The Morgan fingerprint density at radius 3 is 2.85 bits per heavy atom. The van der Waals surface area contributed by atoms with E-state index in [4.69, 9.17) is 5.11 Å². The highest BCUT2D eigenvalue weighted by molar-refractivity contribution is 5.94. The number of aromatic nitrogens is 1. The standard InChI is InChI=1S/C14H16N2O4/c1-2-20-13(18)10-16-14(19)12-7-6-11(9-15-12)5-3-4-8-17/h6-7,9,17H,2,4,8,10H2,1H3,(H,16,19). The Labute approximate surface area is 117 Å². The van der Waals surface area contributed by atoms with Gasteiger partial charge in [0.05, 0.1) is 13.2 Å². The third-order valence-electron chi connectivity index (χ3n) is 2.16. The molecule has 20 heavy (non-hydrogen) atoms. The molecule has 0 fully saturated rings. The number of esters is 1. The van der Waals surface area contributed by atoms with Crippen LogP contribution in [-0.2, 0) is 9.53 Å². The fraction of sp³-hybridized carbons (Fsp3) is 0.357. The third-order valence-corrected chi connectivity index (χ3v) is 2.16. The minimum Gasteiger partial charge on any atom is -0.465 e. The summed E-state index contributed by atoms with van der Waals surface area (Å²) < 4.78 is 4.69. The number of nitrogens with one attached hydrogen (secondary N) is 1. The average Bonchev–Trinajstić information content (AvgIpc) is 2.46. The van der Waals surface area contributed by atoms with Crippen LogP contribution in [0.15, 0.2) is 18.3 Å². The number of aliphatic hydroxyl groups excluding tert-OH is 1. The molecule has 0 unspecified atom stereocenters. The van der Waals surface area contributed by atoms with Crippen molar-refractivity contribution in [3.63, 3.8) is 0 Å². The predicted molar refractivity (Wildman–Crippen MR) is 71.8 cm³/mol. The molecule has 1 aromatic rings. The molecule has 6 heteroatoms. The van der Waals surface area contributed by atoms with Crippen molar-refractivity contribution < 1.29 is 19.4 Å². The lowest BCUT2D eigenvalue weighted by Gasteiger charge is -2.04. The van der Waals surface area contributed by atoms with E-state index >= 15 is 0 Å². The summed E-state index contributed by atoms with van der Waals surface area (Å²) in [7, 11) is 0. The first-order valence-corrected chi connectivity index (χ1v) is 6.17. The number of amides is 1. The summed E-state index contributed by atoms with van der Waals surface area (Å²) in [6.45, 7) is 1.78. The third kappa shape index (κ3) is 5.50. The summed E-state index contributed by atoms with van der Waals surface area (Å²) in [6, 6.07) is 3.17. The Morgan fingerprint density at radius 1 is 1.45 bits per heavy atom. The molecule has 0 bridgehead atoms. The second kappa shape index (κ2) is 8.67. The molecule has 0 radical (unpaired) electrons. The van der Waals surface area contributed by atoms with Crippen LogP contribution in [0.1, 0.15) is 29.4 Å². The molecule has 106 valence electrons. The molecule has 0 aliphatic carbocycles. The largest absolute Gasteiger partial charge is 0.465 e. The van der Waals surface area contributed by atoms with Crippen LogP contribution in [-0.4, -0.2) is 41.7 Å². The summed E-state index contributed by atoms with van der Waals surface area (Å²) in [4.78, 5) is 26.7. The van der Waals surface area contributed by atoms with Crippen molar-refractivity contribution in [1.29, 1.82) is 0 Å². The number of rotatable bonds is 5. The number of carbonyl (C=O) groups excluding carboxylic acids is 2. The molecule has 1 heterocycles. The maximum Gasteiger partial charge on any atom is 0.325 e. The zero-order chi connectivity index (χ0) is 14.8. The molecule has 1 amide bonds. The van der Waals surface area contributed by atoms with Gasteiger partial charge in [0, 0.05) is 18.2 Å². The number of nitrogens with zero attached hydrogens (tertiary/aromatic N) is 1. The second-order valence-corrected chi connectivity index (χ2v) is 3.70. The van der Waals surface area contributed by atoms with Gasteiger partial charge in [0.25, 0.3) is 5.91 Å². The molecule has 2 N–H and O–H groups in total. The fourth-order valence-electron chi connectivity index (χ4n) is 1.28. The van der Waals surface area contributed by atoms with Crippen molar-refractivity contribution >= 4 is 11.9 Å². The topological polar surface area (TPSA) is 88.5 Å². The highest BCUT2D eigenvalue weighted by Crippen LogP contribution is 1.99. The van der Waals surface area contributed by atoms with Crippen LogP contribution >= 0.6 is 0 Å². The van der Waals surface area contributed by atoms with Crippen LogP contribution in [0, 0.1) is 11.8 Å². The van der Waals surface area contributed by atoms with Crippen molar-refractivity contribution in [2.45, 2.75) is 13.3 Å². The number of pyridine rings is 1. The van der Waals surface area contributed by atoms with Crippen molar-refractivity contribution in [3.05, 3.63) is 29.6 Å². The number of hydrogen-bond donors (Lipinski definition) is 2. The summed E-state index contributed by atoms with van der Waals surface area (Å²) >= 11 is 0. The van der Waals surface area contributed by atoms with E-state index in [0.717, 1.165) is 0 Å². The highest BCUT2D eigenvalue weighted by atomic mass is 16.5. The van der Waals surface area contributed by atoms with Gasteiger partial charge in [0.2, 0.25) is 0 Å². The smallest absolute Gasteiger partial charge is 0.325 e. The molecule has 0 atom stereocenters. The lowest BCUT2D eigenvalue weighted by atomic mass is 10.2. The first-order chi connectivity index (χ1) is 9.67. The summed E-state index contributed by atoms with van der Waals surface area (Å²) in [6.07, 6.45) is 1.85. The number of aliphatic hydroxyl groups is 1. The van der Waals surface area contributed by atoms with E-state index in [2.05, 4.69) is 26.9 Å². The van der Waals surface area contributed by atoms with Gasteiger partial charge in [-0.1, -0.05) is 11.8 Å². The van der Waals surface area contributed by atoms with Gasteiger partial charge >= 0.3 is 5.97 Å². The lowest BCUT2D eigenvalue weighted by Crippen LogP contribution is -2.31. The molecule has 1 rings (SSSR count). The second-order valence-electron chi connectivity index (χ2n) is 3.70. The van der Waals surface area contributed by atoms with Gasteiger partial charge in [-0.05, 0) is 19.1 Å². The molecule has 0 saturated heterocycles. The van der Waals surface area contributed by atoms with Gasteiger partial charge in [0.1, 0.15) is 12.2 Å². The van der Waals surface area contributed by atoms with Crippen LogP contribution in [0.5, 0.6) is 0 Å². The van der Waals surface area contributed by atoms with Crippen LogP contribution in [0.2, 0.25) is 0 Å². The summed E-state index contributed by atoms with van der Waals surface area (Å²) in [5, 5.41) is 11.0. The zero-order valence-corrected chi connectivity index (χ0v) is 11.2. The molecule has 6 nitrogen and oxygen atoms in total. The van der Waals surface area contributed by atoms with Crippen LogP contribution in [0.25, 0.3) is 0 Å². The van der Waals surface area contributed by atoms with Gasteiger partial charge in [-0.15, -0.1) is 0 Å². The van der Waals surface area contributed by atoms with E-state index in [1.807, 2.05) is 0 Å². The van der Waals surface area contributed by atoms with Gasteiger partial charge in [-0.3, -0.25) is 9.59 Å². The molecular weight excluding hydrogens is 260 g/mol. The Balaban J connectivity index is 2.54. The van der Waals surface area contributed by atoms with Gasteiger partial charge in [-0.25, -0.2) is 4.98 Å². The van der Waals surface area contributed by atoms with E-state index in [1.165, 1.54) is 12.3 Å². The first-order valence-electron chi connectivity index (χ1n) is 6.17. The quantitative estimate of drug-likeness (QED) is 0.588. The maximum atomic E-state index is 11.7. The Bertz CT molecular complexity index is 514. The molecule has 0 saturated carbocycles. The monoisotopic (exact) mass is 276 g/mol. The molecule has 0 aliphatic heterocycles. The Hall–Kier alpha value is -2.39. The highest BCUT2D eigenvalue weighted by Gasteiger charge is 2.09. The summed E-state index contributed by atoms with van der Waals surface area (Å²) in [5.41, 5.74) is 0.849. The van der Waals surface area contributed by atoms with E-state index in [9.17, 15) is 9.59 Å². The Kier molecular flexibility index (Phi) is 6.79. The minimum absolute atomic E-state index is 0.00871. The van der Waals surface area contributed by atoms with E-state index in [-0.39, 0.29) is 25.5 Å². The maximum absolute atomic E-state index is 11.7. The molecule has 1 aromatic heterocycles. The van der Waals surface area contributed by atoms with Crippen LogP contribution in [0.3, 0.4) is 0 Å².